The third-order valence-electron chi connectivity index (χ3n) is 2.84. The number of ether oxygens (including phenoxy) is 4. The van der Waals surface area contributed by atoms with E-state index in [4.69, 9.17) is 18.9 Å². The number of carbonyl (C=O) groups excluding carboxylic acids is 2. The summed E-state index contributed by atoms with van der Waals surface area (Å²) in [5.74, 6) is -0.0391. The number of cyclic esters (lactones) is 1. The molecule has 0 N–H and O–H groups in total. The van der Waals surface area contributed by atoms with Crippen molar-refractivity contribution in [3.63, 3.8) is 0 Å². The van der Waals surface area contributed by atoms with E-state index in [1.807, 2.05) is 0 Å². The van der Waals surface area contributed by atoms with Crippen LogP contribution in [0.2, 0.25) is 0 Å². The Labute approximate surface area is 143 Å². The van der Waals surface area contributed by atoms with Crippen molar-refractivity contribution in [2.75, 3.05) is 14.2 Å². The van der Waals surface area contributed by atoms with E-state index in [2.05, 4.69) is 31.9 Å². The number of rotatable bonds is 5. The highest BCUT2D eigenvalue weighted by Crippen LogP contribution is 2.32. The van der Waals surface area contributed by atoms with Gasteiger partial charge < -0.3 is 18.9 Å². The summed E-state index contributed by atoms with van der Waals surface area (Å²) in [6, 6.07) is 5.11. The van der Waals surface area contributed by atoms with Crippen molar-refractivity contribution < 1.29 is 28.5 Å². The summed E-state index contributed by atoms with van der Waals surface area (Å²) in [5.41, 5.74) is 0.686. The van der Waals surface area contributed by atoms with Crippen LogP contribution in [-0.2, 0) is 25.5 Å². The second-order valence-electron chi connectivity index (χ2n) is 4.26. The molecule has 2 rings (SSSR count). The van der Waals surface area contributed by atoms with Crippen LogP contribution in [0.4, 0.5) is 0 Å². The highest BCUT2D eigenvalue weighted by Gasteiger charge is 2.34. The third-order valence-corrected chi connectivity index (χ3v) is 4.90. The number of hydrogen-bond donors (Lipinski definition) is 0. The molecule has 0 amide bonds. The summed E-state index contributed by atoms with van der Waals surface area (Å²) in [5, 5.41) is 0. The number of methoxy groups -OCH3 is 2. The average Bonchev–Trinajstić information content (AvgIpc) is 2.74. The summed E-state index contributed by atoms with van der Waals surface area (Å²) in [7, 11) is 3.04. The molecule has 1 heterocycles. The zero-order chi connectivity index (χ0) is 16.3. The number of halogens is 2. The minimum Gasteiger partial charge on any atom is -0.493 e. The Balaban J connectivity index is 2.03. The molecule has 0 saturated carbocycles. The van der Waals surface area contributed by atoms with Gasteiger partial charge in [-0.2, -0.15) is 0 Å². The zero-order valence-corrected chi connectivity index (χ0v) is 14.9. The maximum absolute atomic E-state index is 11.9. The first-order chi connectivity index (χ1) is 10.5. The minimum atomic E-state index is -1.06. The van der Waals surface area contributed by atoms with Crippen LogP contribution in [0.15, 0.2) is 27.2 Å². The van der Waals surface area contributed by atoms with Crippen LogP contribution in [0.5, 0.6) is 11.5 Å². The summed E-state index contributed by atoms with van der Waals surface area (Å²) < 4.78 is 20.8. The first-order valence-electron chi connectivity index (χ1n) is 6.12. The van der Waals surface area contributed by atoms with Crippen molar-refractivity contribution in [1.82, 2.24) is 0 Å². The molecule has 0 bridgehead atoms. The van der Waals surface area contributed by atoms with Gasteiger partial charge in [0.25, 0.3) is 6.29 Å². The fraction of sp³-hybridized carbons (Fsp3) is 0.286. The third kappa shape index (κ3) is 3.61. The number of hydrogen-bond acceptors (Lipinski definition) is 6. The molecule has 6 nitrogen and oxygen atoms in total. The van der Waals surface area contributed by atoms with Crippen molar-refractivity contribution in [2.24, 2.45) is 0 Å². The quantitative estimate of drug-likeness (QED) is 0.662. The predicted molar refractivity (Wildman–Crippen MR) is 84.1 cm³/mol. The predicted octanol–water partition coefficient (Wildman–Crippen LogP) is 2.67. The first-order valence-corrected chi connectivity index (χ1v) is 7.71. The van der Waals surface area contributed by atoms with Gasteiger partial charge in [0.15, 0.2) is 11.5 Å². The molecule has 0 aliphatic carbocycles. The number of esters is 2. The lowest BCUT2D eigenvalue weighted by molar-refractivity contribution is -0.172. The highest BCUT2D eigenvalue weighted by atomic mass is 79.9. The van der Waals surface area contributed by atoms with Crippen molar-refractivity contribution in [2.45, 2.75) is 12.7 Å². The van der Waals surface area contributed by atoms with Gasteiger partial charge in [0.1, 0.15) is 4.48 Å². The molecule has 1 aromatic rings. The molecular formula is C14H12Br2O6. The Morgan fingerprint density at radius 3 is 2.45 bits per heavy atom. The Bertz CT molecular complexity index is 640. The van der Waals surface area contributed by atoms with Gasteiger partial charge in [-0.25, -0.2) is 4.79 Å². The molecule has 0 spiro atoms. The zero-order valence-electron chi connectivity index (χ0n) is 11.7. The Morgan fingerprint density at radius 2 is 1.91 bits per heavy atom. The Hall–Kier alpha value is -1.54. The Kier molecular flexibility index (Phi) is 5.47. The maximum atomic E-state index is 11.9. The van der Waals surface area contributed by atoms with E-state index in [-0.39, 0.29) is 10.9 Å². The summed E-state index contributed by atoms with van der Waals surface area (Å²) in [4.78, 5) is 23.2. The first kappa shape index (κ1) is 16.8. The summed E-state index contributed by atoms with van der Waals surface area (Å²) >= 11 is 6.18. The van der Waals surface area contributed by atoms with Crippen molar-refractivity contribution in [1.29, 1.82) is 0 Å². The van der Waals surface area contributed by atoms with Gasteiger partial charge >= 0.3 is 11.9 Å². The van der Waals surface area contributed by atoms with Crippen LogP contribution in [0.25, 0.3) is 0 Å². The maximum Gasteiger partial charge on any atom is 0.349 e. The van der Waals surface area contributed by atoms with Gasteiger partial charge in [0, 0.05) is 0 Å². The molecule has 0 saturated heterocycles. The van der Waals surface area contributed by atoms with Gasteiger partial charge in [-0.05, 0) is 49.6 Å². The van der Waals surface area contributed by atoms with E-state index in [1.165, 1.54) is 14.2 Å². The van der Waals surface area contributed by atoms with Crippen molar-refractivity contribution in [3.8, 4) is 11.5 Å². The fourth-order valence-electron chi connectivity index (χ4n) is 1.80. The number of carbonyl (C=O) groups is 2. The van der Waals surface area contributed by atoms with Gasteiger partial charge in [-0.1, -0.05) is 6.07 Å². The minimum absolute atomic E-state index is 0.00625. The monoisotopic (exact) mass is 434 g/mol. The fourth-order valence-corrected chi connectivity index (χ4v) is 2.42. The van der Waals surface area contributed by atoms with E-state index in [9.17, 15) is 9.59 Å². The number of benzene rings is 1. The standard InChI is InChI=1S/C14H12Br2O6/c1-19-8-4-3-7(5-9(8)20-2)6-10(17)21-14-12(16)11(15)13(18)22-14/h3-5,14H,6H2,1-2H3. The second kappa shape index (κ2) is 7.15. The SMILES string of the molecule is COc1ccc(CC(=O)OC2OC(=O)C(Br)=C2Br)cc1OC. The van der Waals surface area contributed by atoms with E-state index in [0.717, 1.165) is 0 Å². The van der Waals surface area contributed by atoms with E-state index in [1.54, 1.807) is 18.2 Å². The smallest absolute Gasteiger partial charge is 0.349 e. The van der Waals surface area contributed by atoms with Crippen LogP contribution < -0.4 is 9.47 Å². The molecule has 1 aliphatic rings. The normalized spacial score (nSPS) is 17.3. The molecule has 8 heteroatoms. The van der Waals surface area contributed by atoms with Crippen LogP contribution in [0.1, 0.15) is 5.56 Å². The molecular weight excluding hydrogens is 424 g/mol. The van der Waals surface area contributed by atoms with Gasteiger partial charge in [0.2, 0.25) is 0 Å². The van der Waals surface area contributed by atoms with Gasteiger partial charge in [-0.15, -0.1) is 0 Å². The average molecular weight is 436 g/mol. The summed E-state index contributed by atoms with van der Waals surface area (Å²) in [6.45, 7) is 0. The van der Waals surface area contributed by atoms with Crippen molar-refractivity contribution in [3.05, 3.63) is 32.7 Å². The van der Waals surface area contributed by atoms with Gasteiger partial charge in [-0.3, -0.25) is 4.79 Å². The van der Waals surface area contributed by atoms with Crippen molar-refractivity contribution >= 4 is 43.8 Å². The van der Waals surface area contributed by atoms with Crippen LogP contribution >= 0.6 is 31.9 Å². The molecule has 1 unspecified atom stereocenters. The van der Waals surface area contributed by atoms with E-state index >= 15 is 0 Å². The molecule has 1 atom stereocenters. The molecule has 0 fully saturated rings. The van der Waals surface area contributed by atoms with Gasteiger partial charge in [0.05, 0.1) is 25.1 Å². The molecule has 0 radical (unpaired) electrons. The molecule has 1 aromatic carbocycles. The summed E-state index contributed by atoms with van der Waals surface area (Å²) in [6.07, 6.45) is -1.05. The highest BCUT2D eigenvalue weighted by molar-refractivity contribution is 9.14. The largest absolute Gasteiger partial charge is 0.493 e. The Morgan fingerprint density at radius 1 is 1.23 bits per heavy atom. The molecule has 0 aromatic heterocycles. The lowest BCUT2D eigenvalue weighted by Crippen LogP contribution is -2.20. The lowest BCUT2D eigenvalue weighted by Gasteiger charge is -2.13. The van der Waals surface area contributed by atoms with E-state index in [0.29, 0.717) is 21.5 Å². The topological polar surface area (TPSA) is 71.1 Å². The molecule has 1 aliphatic heterocycles. The van der Waals surface area contributed by atoms with Crippen LogP contribution in [-0.4, -0.2) is 32.4 Å². The van der Waals surface area contributed by atoms with Crippen LogP contribution in [0, 0.1) is 0 Å². The lowest BCUT2D eigenvalue weighted by atomic mass is 10.1. The second-order valence-corrected chi connectivity index (χ2v) is 5.90. The molecule has 22 heavy (non-hydrogen) atoms. The van der Waals surface area contributed by atoms with E-state index < -0.39 is 18.2 Å². The van der Waals surface area contributed by atoms with Crippen LogP contribution in [0.3, 0.4) is 0 Å². The molecule has 118 valence electrons.